The molecule has 1 heterocycles. The first kappa shape index (κ1) is 8.35. The molecule has 11 heavy (non-hydrogen) atoms. The fourth-order valence-corrected chi connectivity index (χ4v) is 1.78. The van der Waals surface area contributed by atoms with Crippen LogP contribution in [0.3, 0.4) is 0 Å². The van der Waals surface area contributed by atoms with E-state index in [0.717, 1.165) is 11.8 Å². The van der Waals surface area contributed by atoms with E-state index in [2.05, 4.69) is 5.32 Å². The van der Waals surface area contributed by atoms with Crippen LogP contribution >= 0.6 is 11.8 Å². The number of thioether (sulfide) groups is 1. The molecule has 3 N–H and O–H groups in total. The molecule has 1 aliphatic rings. The van der Waals surface area contributed by atoms with Gasteiger partial charge in [0, 0.05) is 5.75 Å². The average molecular weight is 177 g/mol. The number of rotatable bonds is 2. The molecule has 0 bridgehead atoms. The smallest absolute Gasteiger partial charge is 0.331 e. The Morgan fingerprint density at radius 2 is 2.00 bits per heavy atom. The highest BCUT2D eigenvalue weighted by Crippen LogP contribution is 2.18. The van der Waals surface area contributed by atoms with E-state index in [1.807, 2.05) is 0 Å². The summed E-state index contributed by atoms with van der Waals surface area (Å²) in [6.07, 6.45) is 0. The van der Waals surface area contributed by atoms with Crippen LogP contribution in [0.15, 0.2) is 0 Å². The molecule has 0 saturated carbocycles. The van der Waals surface area contributed by atoms with Crippen molar-refractivity contribution >= 4 is 23.7 Å². The van der Waals surface area contributed by atoms with Crippen molar-refractivity contribution in [3.8, 4) is 0 Å². The van der Waals surface area contributed by atoms with Gasteiger partial charge in [0.15, 0.2) is 5.37 Å². The lowest BCUT2D eigenvalue weighted by atomic mass is 10.3. The summed E-state index contributed by atoms with van der Waals surface area (Å²) in [5, 5.41) is 18.6. The predicted octanol–water partition coefficient (Wildman–Crippen LogP) is -0.813. The molecule has 0 unspecified atom stereocenters. The van der Waals surface area contributed by atoms with Crippen LogP contribution in [-0.4, -0.2) is 39.3 Å². The van der Waals surface area contributed by atoms with Crippen LogP contribution in [0.25, 0.3) is 0 Å². The summed E-state index contributed by atoms with van der Waals surface area (Å²) in [6, 6.07) is -0.721. The van der Waals surface area contributed by atoms with Gasteiger partial charge in [0.05, 0.1) is 0 Å². The third kappa shape index (κ3) is 1.84. The average Bonchev–Trinajstić information content (AvgIpc) is 2.33. The summed E-state index contributed by atoms with van der Waals surface area (Å²) >= 11 is 1.10. The summed E-state index contributed by atoms with van der Waals surface area (Å²) in [5.41, 5.74) is 0. The first-order valence-electron chi connectivity index (χ1n) is 2.94. The topological polar surface area (TPSA) is 86.6 Å². The lowest BCUT2D eigenvalue weighted by Crippen LogP contribution is -2.39. The van der Waals surface area contributed by atoms with E-state index in [0.29, 0.717) is 5.75 Å². The zero-order valence-electron chi connectivity index (χ0n) is 5.48. The van der Waals surface area contributed by atoms with Gasteiger partial charge in [-0.1, -0.05) is 0 Å². The number of nitrogens with one attached hydrogen (secondary N) is 1. The molecule has 2 atom stereocenters. The molecule has 1 rings (SSSR count). The molecular formula is C5H7NO4S. The van der Waals surface area contributed by atoms with Gasteiger partial charge in [0.2, 0.25) is 0 Å². The highest BCUT2D eigenvalue weighted by Gasteiger charge is 2.33. The van der Waals surface area contributed by atoms with Crippen molar-refractivity contribution in [2.24, 2.45) is 0 Å². The lowest BCUT2D eigenvalue weighted by molar-refractivity contribution is -0.139. The van der Waals surface area contributed by atoms with Crippen molar-refractivity contribution in [2.45, 2.75) is 11.4 Å². The van der Waals surface area contributed by atoms with Gasteiger partial charge in [-0.25, -0.2) is 4.79 Å². The molecule has 0 aromatic heterocycles. The summed E-state index contributed by atoms with van der Waals surface area (Å²) in [4.78, 5) is 20.6. The quantitative estimate of drug-likeness (QED) is 0.511. The van der Waals surface area contributed by atoms with Crippen molar-refractivity contribution in [1.82, 2.24) is 5.32 Å². The van der Waals surface area contributed by atoms with Crippen LogP contribution in [0.2, 0.25) is 0 Å². The highest BCUT2D eigenvalue weighted by molar-refractivity contribution is 8.00. The van der Waals surface area contributed by atoms with Gasteiger partial charge in [-0.3, -0.25) is 10.1 Å². The Labute approximate surface area is 66.8 Å². The second-order valence-electron chi connectivity index (χ2n) is 2.11. The van der Waals surface area contributed by atoms with Gasteiger partial charge in [-0.05, 0) is 0 Å². The van der Waals surface area contributed by atoms with E-state index in [9.17, 15) is 9.59 Å². The molecule has 0 amide bonds. The van der Waals surface area contributed by atoms with E-state index in [1.165, 1.54) is 0 Å². The predicted molar refractivity (Wildman–Crippen MR) is 38.4 cm³/mol. The second kappa shape index (κ2) is 3.10. The number of hydrogen-bond donors (Lipinski definition) is 3. The summed E-state index contributed by atoms with van der Waals surface area (Å²) in [5.74, 6) is -1.70. The number of hydrogen-bond acceptors (Lipinski definition) is 4. The Balaban J connectivity index is 2.47. The van der Waals surface area contributed by atoms with Crippen LogP contribution in [0.1, 0.15) is 0 Å². The van der Waals surface area contributed by atoms with Gasteiger partial charge in [0.1, 0.15) is 6.04 Å². The van der Waals surface area contributed by atoms with Gasteiger partial charge in [-0.15, -0.1) is 11.8 Å². The molecule has 1 aliphatic heterocycles. The minimum Gasteiger partial charge on any atom is -0.480 e. The second-order valence-corrected chi connectivity index (χ2v) is 3.25. The standard InChI is InChI=1S/C5H7NO4S/c7-4(8)2-1-11-3(6-2)5(9)10/h2-3,6H,1H2,(H,7,8)(H,9,10)/t2-,3-/m1/s1. The number of carboxylic acid groups (broad SMARTS) is 2. The van der Waals surface area contributed by atoms with Crippen LogP contribution in [0, 0.1) is 0 Å². The Morgan fingerprint density at radius 1 is 1.36 bits per heavy atom. The molecule has 5 nitrogen and oxygen atoms in total. The molecule has 62 valence electrons. The molecule has 1 saturated heterocycles. The van der Waals surface area contributed by atoms with Crippen LogP contribution in [0.5, 0.6) is 0 Å². The first-order valence-corrected chi connectivity index (χ1v) is 3.99. The number of aliphatic carboxylic acids is 2. The zero-order chi connectivity index (χ0) is 8.43. The largest absolute Gasteiger partial charge is 0.480 e. The Bertz CT molecular complexity index is 175. The van der Waals surface area contributed by atoms with Crippen molar-refractivity contribution in [2.75, 3.05) is 5.75 Å². The maximum absolute atomic E-state index is 10.3. The third-order valence-corrected chi connectivity index (χ3v) is 2.50. The molecule has 0 aromatic rings. The van der Waals surface area contributed by atoms with Gasteiger partial charge in [0.25, 0.3) is 0 Å². The summed E-state index contributed by atoms with van der Waals surface area (Å²) in [7, 11) is 0. The fourth-order valence-electron chi connectivity index (χ4n) is 0.757. The SMILES string of the molecule is O=C(O)[C@@H]1N[C@@H](C(=O)O)CS1. The maximum Gasteiger partial charge on any atom is 0.331 e. The van der Waals surface area contributed by atoms with Crippen molar-refractivity contribution in [1.29, 1.82) is 0 Å². The third-order valence-electron chi connectivity index (χ3n) is 1.30. The van der Waals surface area contributed by atoms with E-state index >= 15 is 0 Å². The number of carboxylic acids is 2. The normalized spacial score (nSPS) is 30.2. The van der Waals surface area contributed by atoms with Crippen molar-refractivity contribution < 1.29 is 19.8 Å². The monoisotopic (exact) mass is 177 g/mol. The van der Waals surface area contributed by atoms with Crippen molar-refractivity contribution in [3.05, 3.63) is 0 Å². The molecule has 0 aliphatic carbocycles. The Hall–Kier alpha value is -0.750. The van der Waals surface area contributed by atoms with E-state index in [1.54, 1.807) is 0 Å². The van der Waals surface area contributed by atoms with E-state index in [-0.39, 0.29) is 0 Å². The molecule has 0 aromatic carbocycles. The summed E-state index contributed by atoms with van der Waals surface area (Å²) in [6.45, 7) is 0. The van der Waals surface area contributed by atoms with E-state index < -0.39 is 23.4 Å². The minimum atomic E-state index is -1.02. The molecule has 1 fully saturated rings. The van der Waals surface area contributed by atoms with Crippen molar-refractivity contribution in [3.63, 3.8) is 0 Å². The Morgan fingerprint density at radius 3 is 2.27 bits per heavy atom. The van der Waals surface area contributed by atoms with Gasteiger partial charge < -0.3 is 10.2 Å². The number of carbonyl (C=O) groups is 2. The zero-order valence-corrected chi connectivity index (χ0v) is 6.30. The lowest BCUT2D eigenvalue weighted by Gasteiger charge is -2.04. The highest BCUT2D eigenvalue weighted by atomic mass is 32.2. The molecule has 6 heteroatoms. The van der Waals surface area contributed by atoms with Gasteiger partial charge >= 0.3 is 11.9 Å². The summed E-state index contributed by atoms with van der Waals surface area (Å²) < 4.78 is 0. The minimum absolute atomic E-state index is 0.312. The van der Waals surface area contributed by atoms with Gasteiger partial charge in [-0.2, -0.15) is 0 Å². The molecule has 0 radical (unpaired) electrons. The van der Waals surface area contributed by atoms with E-state index in [4.69, 9.17) is 10.2 Å². The van der Waals surface area contributed by atoms with Crippen LogP contribution in [-0.2, 0) is 9.59 Å². The fraction of sp³-hybridized carbons (Fsp3) is 0.600. The van der Waals surface area contributed by atoms with Crippen LogP contribution in [0.4, 0.5) is 0 Å². The van der Waals surface area contributed by atoms with Crippen LogP contribution < -0.4 is 5.32 Å². The molecule has 0 spiro atoms. The Kier molecular flexibility index (Phi) is 2.35. The maximum atomic E-state index is 10.3. The molecular weight excluding hydrogens is 170 g/mol. The first-order chi connectivity index (χ1) is 5.11.